The molecule has 1 aliphatic heterocycles. The molecule has 0 aliphatic carbocycles. The van der Waals surface area contributed by atoms with Crippen LogP contribution in [0.25, 0.3) is 0 Å². The molecule has 0 radical (unpaired) electrons. The second-order valence-electron chi connectivity index (χ2n) is 1.94. The van der Waals surface area contributed by atoms with Crippen LogP contribution in [-0.4, -0.2) is 18.0 Å². The molecule has 0 amide bonds. The van der Waals surface area contributed by atoms with Gasteiger partial charge in [0.2, 0.25) is 0 Å². The first-order chi connectivity index (χ1) is 3.77. The highest BCUT2D eigenvalue weighted by atomic mass is 32.1. The molecular weight excluding hydrogens is 120 g/mol. The van der Waals surface area contributed by atoms with Gasteiger partial charge in [-0.05, 0) is 6.08 Å². The summed E-state index contributed by atoms with van der Waals surface area (Å²) < 4.78 is 4.86. The average Bonchev–Trinajstić information content (AvgIpc) is 1.64. The fraction of sp³-hybridized carbons (Fsp3) is 0.500. The van der Waals surface area contributed by atoms with Crippen LogP contribution in [-0.2, 0) is 4.74 Å². The normalized spacial score (nSPS) is 23.1. The maximum atomic E-state index is 4.92. The first-order valence-corrected chi connectivity index (χ1v) is 2.89. The van der Waals surface area contributed by atoms with Crippen LogP contribution >= 0.6 is 12.6 Å². The van der Waals surface area contributed by atoms with Crippen molar-refractivity contribution in [3.63, 3.8) is 0 Å². The zero-order chi connectivity index (χ0) is 6.04. The minimum atomic E-state index is -0.0538. The molecule has 1 aliphatic rings. The fourth-order valence-electron chi connectivity index (χ4n) is 0.585. The van der Waals surface area contributed by atoms with Gasteiger partial charge in [0.15, 0.2) is 0 Å². The summed E-state index contributed by atoms with van der Waals surface area (Å²) >= 11 is 4.27. The predicted molar refractivity (Wildman–Crippen MR) is 36.2 cm³/mol. The van der Waals surface area contributed by atoms with Gasteiger partial charge in [0.1, 0.15) is 0 Å². The van der Waals surface area contributed by atoms with Crippen LogP contribution in [0.4, 0.5) is 0 Å². The Kier molecular flexibility index (Phi) is 1.47. The summed E-state index contributed by atoms with van der Waals surface area (Å²) in [7, 11) is 0. The van der Waals surface area contributed by atoms with Crippen molar-refractivity contribution in [1.82, 2.24) is 0 Å². The molecule has 2 heteroatoms. The zero-order valence-corrected chi connectivity index (χ0v) is 5.45. The Morgan fingerprint density at radius 2 is 2.38 bits per heavy atom. The van der Waals surface area contributed by atoms with Gasteiger partial charge in [0, 0.05) is 0 Å². The summed E-state index contributed by atoms with van der Waals surface area (Å²) in [6.07, 6.45) is 1.83. The molecule has 1 rings (SSSR count). The number of hydrogen-bond acceptors (Lipinski definition) is 2. The first kappa shape index (κ1) is 5.96. The van der Waals surface area contributed by atoms with Crippen molar-refractivity contribution in [2.75, 3.05) is 13.2 Å². The number of rotatable bonds is 1. The van der Waals surface area contributed by atoms with E-state index in [1.807, 2.05) is 6.08 Å². The molecule has 0 saturated carbocycles. The molecule has 0 aromatic carbocycles. The third-order valence-corrected chi connectivity index (χ3v) is 1.46. The van der Waals surface area contributed by atoms with Crippen molar-refractivity contribution in [3.8, 4) is 0 Å². The summed E-state index contributed by atoms with van der Waals surface area (Å²) in [5.74, 6) is 0. The smallest absolute Gasteiger partial charge is 0.0848 e. The molecule has 44 valence electrons. The Labute approximate surface area is 54.4 Å². The second-order valence-corrected chi connectivity index (χ2v) is 2.84. The van der Waals surface area contributed by atoms with Crippen molar-refractivity contribution in [2.24, 2.45) is 0 Å². The van der Waals surface area contributed by atoms with E-state index < -0.39 is 0 Å². The molecule has 1 saturated heterocycles. The second kappa shape index (κ2) is 1.98. The van der Waals surface area contributed by atoms with E-state index in [0.29, 0.717) is 13.2 Å². The summed E-state index contributed by atoms with van der Waals surface area (Å²) in [6, 6.07) is 0. The van der Waals surface area contributed by atoms with Crippen LogP contribution in [0.1, 0.15) is 0 Å². The van der Waals surface area contributed by atoms with E-state index >= 15 is 0 Å². The molecule has 0 aromatic rings. The highest BCUT2D eigenvalue weighted by Crippen LogP contribution is 2.24. The highest BCUT2D eigenvalue weighted by molar-refractivity contribution is 7.82. The molecule has 1 fully saturated rings. The van der Waals surface area contributed by atoms with Gasteiger partial charge < -0.3 is 4.74 Å². The van der Waals surface area contributed by atoms with Gasteiger partial charge >= 0.3 is 0 Å². The van der Waals surface area contributed by atoms with E-state index in [1.165, 1.54) is 0 Å². The fourth-order valence-corrected chi connectivity index (χ4v) is 0.858. The summed E-state index contributed by atoms with van der Waals surface area (Å²) in [6.45, 7) is 4.83. The van der Waals surface area contributed by atoms with Crippen LogP contribution in [0, 0.1) is 0 Å². The van der Waals surface area contributed by atoms with Crippen molar-refractivity contribution >= 4 is 12.6 Å². The highest BCUT2D eigenvalue weighted by Gasteiger charge is 2.31. The minimum Gasteiger partial charge on any atom is -0.378 e. The van der Waals surface area contributed by atoms with E-state index in [-0.39, 0.29) is 4.75 Å². The van der Waals surface area contributed by atoms with E-state index in [4.69, 9.17) is 4.74 Å². The quantitative estimate of drug-likeness (QED) is 0.410. The molecule has 8 heavy (non-hydrogen) atoms. The molecule has 0 unspecified atom stereocenters. The molecular formula is C6H8OS. The molecule has 0 bridgehead atoms. The van der Waals surface area contributed by atoms with E-state index in [1.54, 1.807) is 0 Å². The van der Waals surface area contributed by atoms with Crippen molar-refractivity contribution in [1.29, 1.82) is 0 Å². The summed E-state index contributed by atoms with van der Waals surface area (Å²) in [5, 5.41) is 0. The topological polar surface area (TPSA) is 9.23 Å². The summed E-state index contributed by atoms with van der Waals surface area (Å²) in [4.78, 5) is 0. The number of hydrogen-bond donors (Lipinski definition) is 1. The van der Waals surface area contributed by atoms with Gasteiger partial charge in [-0.15, -0.1) is 5.73 Å². The van der Waals surface area contributed by atoms with Crippen molar-refractivity contribution in [2.45, 2.75) is 4.75 Å². The zero-order valence-electron chi connectivity index (χ0n) is 4.55. The minimum absolute atomic E-state index is 0.0538. The standard InChI is InChI=1S/C6H8OS/c1-2-3-6(8)4-7-5-6/h3,8H,1,4-5H2. The maximum absolute atomic E-state index is 4.92. The summed E-state index contributed by atoms with van der Waals surface area (Å²) in [5.41, 5.74) is 2.68. The predicted octanol–water partition coefficient (Wildman–Crippen LogP) is 1.03. The van der Waals surface area contributed by atoms with Gasteiger partial charge in [-0.25, -0.2) is 0 Å². The van der Waals surface area contributed by atoms with Gasteiger partial charge in [-0.2, -0.15) is 12.6 Å². The largest absolute Gasteiger partial charge is 0.378 e. The Morgan fingerprint density at radius 3 is 2.50 bits per heavy atom. The Hall–Kier alpha value is -0.170. The van der Waals surface area contributed by atoms with Crippen LogP contribution in [0.2, 0.25) is 0 Å². The molecule has 1 heterocycles. The molecule has 1 nitrogen and oxygen atoms in total. The molecule has 0 spiro atoms. The molecule has 0 N–H and O–H groups in total. The monoisotopic (exact) mass is 128 g/mol. The van der Waals surface area contributed by atoms with Crippen molar-refractivity contribution in [3.05, 3.63) is 18.4 Å². The van der Waals surface area contributed by atoms with E-state index in [0.717, 1.165) is 0 Å². The Morgan fingerprint density at radius 1 is 1.75 bits per heavy atom. The van der Waals surface area contributed by atoms with E-state index in [9.17, 15) is 0 Å². The van der Waals surface area contributed by atoms with E-state index in [2.05, 4.69) is 24.9 Å². The van der Waals surface area contributed by atoms with Crippen molar-refractivity contribution < 1.29 is 4.74 Å². The molecule has 0 aromatic heterocycles. The molecule has 0 atom stereocenters. The Balaban J connectivity index is 2.53. The average molecular weight is 128 g/mol. The van der Waals surface area contributed by atoms with Gasteiger partial charge in [0.25, 0.3) is 0 Å². The van der Waals surface area contributed by atoms with Crippen LogP contribution in [0.3, 0.4) is 0 Å². The first-order valence-electron chi connectivity index (χ1n) is 2.44. The van der Waals surface area contributed by atoms with Crippen LogP contribution < -0.4 is 0 Å². The van der Waals surface area contributed by atoms with Gasteiger partial charge in [-0.3, -0.25) is 0 Å². The third kappa shape index (κ3) is 0.972. The van der Waals surface area contributed by atoms with Crippen LogP contribution in [0.15, 0.2) is 18.4 Å². The van der Waals surface area contributed by atoms with Crippen LogP contribution in [0.5, 0.6) is 0 Å². The lowest BCUT2D eigenvalue weighted by Gasteiger charge is -2.33. The maximum Gasteiger partial charge on any atom is 0.0848 e. The SMILES string of the molecule is C=C=CC1(S)COC1. The number of thiol groups is 1. The lowest BCUT2D eigenvalue weighted by atomic mass is 10.1. The number of ether oxygens (including phenoxy) is 1. The van der Waals surface area contributed by atoms with Gasteiger partial charge in [0.05, 0.1) is 18.0 Å². The lowest BCUT2D eigenvalue weighted by Crippen LogP contribution is -2.42. The van der Waals surface area contributed by atoms with Gasteiger partial charge in [-0.1, -0.05) is 6.58 Å². The lowest BCUT2D eigenvalue weighted by molar-refractivity contribution is 0.0139. The third-order valence-electron chi connectivity index (χ3n) is 1.07. The Bertz CT molecular complexity index is 131.